The first-order valence-corrected chi connectivity index (χ1v) is 5.24. The highest BCUT2D eigenvalue weighted by Crippen LogP contribution is 2.57. The zero-order chi connectivity index (χ0) is 9.42. The number of nitrogens with one attached hydrogen (secondary N) is 1. The summed E-state index contributed by atoms with van der Waals surface area (Å²) in [5.74, 6) is 2.00. The lowest BCUT2D eigenvalue weighted by molar-refractivity contribution is -0.123. The van der Waals surface area contributed by atoms with Gasteiger partial charge in [0.1, 0.15) is 0 Å². The number of carbonyl (C=O) groups is 1. The first-order valence-electron chi connectivity index (χ1n) is 5.24. The van der Waals surface area contributed by atoms with E-state index in [4.69, 9.17) is 5.73 Å². The molecular weight excluding hydrogens is 164 g/mol. The van der Waals surface area contributed by atoms with Crippen molar-refractivity contribution in [1.82, 2.24) is 5.32 Å². The van der Waals surface area contributed by atoms with E-state index in [9.17, 15) is 4.79 Å². The maximum Gasteiger partial charge on any atom is 0.223 e. The quantitative estimate of drug-likeness (QED) is 0.667. The van der Waals surface area contributed by atoms with Gasteiger partial charge in [-0.15, -0.1) is 0 Å². The number of carbonyl (C=O) groups excluding carboxylic acids is 1. The Hall–Kier alpha value is -0.570. The number of rotatable bonds is 3. The van der Waals surface area contributed by atoms with Crippen molar-refractivity contribution in [2.45, 2.75) is 32.2 Å². The molecule has 2 saturated carbocycles. The zero-order valence-corrected chi connectivity index (χ0v) is 8.12. The fourth-order valence-electron chi connectivity index (χ4n) is 2.61. The van der Waals surface area contributed by atoms with Crippen LogP contribution in [0, 0.1) is 17.8 Å². The van der Waals surface area contributed by atoms with Crippen molar-refractivity contribution in [2.75, 3.05) is 6.54 Å². The van der Waals surface area contributed by atoms with Crippen LogP contribution < -0.4 is 11.1 Å². The molecule has 13 heavy (non-hydrogen) atoms. The molecule has 1 amide bonds. The first-order chi connectivity index (χ1) is 6.24. The summed E-state index contributed by atoms with van der Waals surface area (Å²) in [7, 11) is 0. The SMILES string of the molecule is C[C@H](CN)NC(=O)C1C2CCCC21. The Balaban J connectivity index is 1.80. The Morgan fingerprint density at radius 3 is 2.69 bits per heavy atom. The lowest BCUT2D eigenvalue weighted by Crippen LogP contribution is -2.39. The highest BCUT2D eigenvalue weighted by molar-refractivity contribution is 5.82. The van der Waals surface area contributed by atoms with Gasteiger partial charge < -0.3 is 11.1 Å². The zero-order valence-electron chi connectivity index (χ0n) is 8.12. The number of hydrogen-bond donors (Lipinski definition) is 2. The van der Waals surface area contributed by atoms with Crippen LogP contribution in [0.25, 0.3) is 0 Å². The normalized spacial score (nSPS) is 38.2. The molecule has 2 aliphatic rings. The second kappa shape index (κ2) is 3.29. The van der Waals surface area contributed by atoms with E-state index in [-0.39, 0.29) is 11.9 Å². The second-order valence-electron chi connectivity index (χ2n) is 4.43. The van der Waals surface area contributed by atoms with E-state index in [1.54, 1.807) is 0 Å². The second-order valence-corrected chi connectivity index (χ2v) is 4.43. The first kappa shape index (κ1) is 9.00. The molecule has 2 fully saturated rings. The third kappa shape index (κ3) is 1.57. The Morgan fingerprint density at radius 2 is 2.15 bits per heavy atom. The van der Waals surface area contributed by atoms with Crippen molar-refractivity contribution in [3.05, 3.63) is 0 Å². The third-order valence-electron chi connectivity index (χ3n) is 3.45. The van der Waals surface area contributed by atoms with Crippen LogP contribution in [0.2, 0.25) is 0 Å². The summed E-state index contributed by atoms with van der Waals surface area (Å²) in [5, 5.41) is 2.96. The predicted octanol–water partition coefficient (Wildman–Crippen LogP) is 0.496. The highest BCUT2D eigenvalue weighted by Gasteiger charge is 2.56. The maximum absolute atomic E-state index is 11.6. The minimum Gasteiger partial charge on any atom is -0.352 e. The van der Waals surface area contributed by atoms with Gasteiger partial charge in [-0.25, -0.2) is 0 Å². The maximum atomic E-state index is 11.6. The average Bonchev–Trinajstić information content (AvgIpc) is 2.61. The summed E-state index contributed by atoms with van der Waals surface area (Å²) >= 11 is 0. The van der Waals surface area contributed by atoms with Crippen molar-refractivity contribution in [1.29, 1.82) is 0 Å². The molecule has 0 aromatic rings. The number of hydrogen-bond acceptors (Lipinski definition) is 2. The van der Waals surface area contributed by atoms with Gasteiger partial charge in [0.15, 0.2) is 0 Å². The van der Waals surface area contributed by atoms with E-state index in [2.05, 4.69) is 5.32 Å². The van der Waals surface area contributed by atoms with Gasteiger partial charge in [0.05, 0.1) is 0 Å². The fourth-order valence-corrected chi connectivity index (χ4v) is 2.61. The minimum atomic E-state index is 0.133. The largest absolute Gasteiger partial charge is 0.352 e. The molecular formula is C10H18N2O. The molecule has 0 bridgehead atoms. The summed E-state index contributed by atoms with van der Waals surface area (Å²) in [6.45, 7) is 2.49. The molecule has 2 unspecified atom stereocenters. The molecule has 0 heterocycles. The highest BCUT2D eigenvalue weighted by atomic mass is 16.2. The van der Waals surface area contributed by atoms with Crippen LogP contribution in [-0.4, -0.2) is 18.5 Å². The molecule has 2 aliphatic carbocycles. The van der Waals surface area contributed by atoms with Gasteiger partial charge in [-0.3, -0.25) is 4.79 Å². The summed E-state index contributed by atoms with van der Waals surface area (Å²) in [6.07, 6.45) is 3.85. The van der Waals surface area contributed by atoms with E-state index >= 15 is 0 Å². The van der Waals surface area contributed by atoms with Crippen LogP contribution in [0.1, 0.15) is 26.2 Å². The van der Waals surface area contributed by atoms with Crippen molar-refractivity contribution in [3.8, 4) is 0 Å². The van der Waals surface area contributed by atoms with Gasteiger partial charge in [-0.2, -0.15) is 0 Å². The Bertz CT molecular complexity index is 207. The molecule has 74 valence electrons. The standard InChI is InChI=1S/C10H18N2O/c1-6(5-11)12-10(13)9-7-3-2-4-8(7)9/h6-9H,2-5,11H2,1H3,(H,12,13)/t6-,7?,8?,9?/m1/s1. The molecule has 0 spiro atoms. The van der Waals surface area contributed by atoms with Gasteiger partial charge >= 0.3 is 0 Å². The van der Waals surface area contributed by atoms with Crippen LogP contribution in [0.3, 0.4) is 0 Å². The Labute approximate surface area is 79.1 Å². The molecule has 0 aromatic heterocycles. The van der Waals surface area contributed by atoms with E-state index < -0.39 is 0 Å². The van der Waals surface area contributed by atoms with Crippen LogP contribution in [-0.2, 0) is 4.79 Å². The number of nitrogens with two attached hydrogens (primary N) is 1. The molecule has 0 saturated heterocycles. The molecule has 0 aliphatic heterocycles. The molecule has 3 atom stereocenters. The topological polar surface area (TPSA) is 55.1 Å². The summed E-state index contributed by atoms with van der Waals surface area (Å²) < 4.78 is 0. The molecule has 3 heteroatoms. The van der Waals surface area contributed by atoms with Crippen LogP contribution in [0.5, 0.6) is 0 Å². The van der Waals surface area contributed by atoms with Gasteiger partial charge in [0.2, 0.25) is 5.91 Å². The minimum absolute atomic E-state index is 0.133. The summed E-state index contributed by atoms with van der Waals surface area (Å²) in [6, 6.07) is 0.133. The number of fused-ring (bicyclic) bond motifs is 1. The predicted molar refractivity (Wildman–Crippen MR) is 51.0 cm³/mol. The van der Waals surface area contributed by atoms with Gasteiger partial charge in [-0.05, 0) is 31.6 Å². The monoisotopic (exact) mass is 182 g/mol. The smallest absolute Gasteiger partial charge is 0.223 e. The van der Waals surface area contributed by atoms with Crippen LogP contribution in [0.15, 0.2) is 0 Å². The molecule has 0 aromatic carbocycles. The fraction of sp³-hybridized carbons (Fsp3) is 0.900. The van der Waals surface area contributed by atoms with Crippen molar-refractivity contribution < 1.29 is 4.79 Å². The summed E-state index contributed by atoms with van der Waals surface area (Å²) in [4.78, 5) is 11.6. The average molecular weight is 182 g/mol. The van der Waals surface area contributed by atoms with Gasteiger partial charge in [-0.1, -0.05) is 6.42 Å². The summed E-state index contributed by atoms with van der Waals surface area (Å²) in [5.41, 5.74) is 5.44. The molecule has 2 rings (SSSR count). The van der Waals surface area contributed by atoms with Crippen LogP contribution in [0.4, 0.5) is 0 Å². The van der Waals surface area contributed by atoms with Crippen molar-refractivity contribution >= 4 is 5.91 Å². The lowest BCUT2D eigenvalue weighted by atomic mass is 10.1. The van der Waals surface area contributed by atoms with E-state index in [0.29, 0.717) is 24.3 Å². The van der Waals surface area contributed by atoms with Crippen molar-refractivity contribution in [3.63, 3.8) is 0 Å². The Kier molecular flexibility index (Phi) is 2.28. The molecule has 3 nitrogen and oxygen atoms in total. The van der Waals surface area contributed by atoms with E-state index in [1.165, 1.54) is 19.3 Å². The van der Waals surface area contributed by atoms with Crippen LogP contribution >= 0.6 is 0 Å². The van der Waals surface area contributed by atoms with E-state index in [0.717, 1.165) is 0 Å². The van der Waals surface area contributed by atoms with Crippen molar-refractivity contribution in [2.24, 2.45) is 23.5 Å². The van der Waals surface area contributed by atoms with Gasteiger partial charge in [0, 0.05) is 18.5 Å². The number of amides is 1. The van der Waals surface area contributed by atoms with Gasteiger partial charge in [0.25, 0.3) is 0 Å². The molecule has 3 N–H and O–H groups in total. The Morgan fingerprint density at radius 1 is 1.54 bits per heavy atom. The molecule has 0 radical (unpaired) electrons. The third-order valence-corrected chi connectivity index (χ3v) is 3.45. The lowest BCUT2D eigenvalue weighted by Gasteiger charge is -2.11. The van der Waals surface area contributed by atoms with E-state index in [1.807, 2.05) is 6.92 Å².